The third-order valence-corrected chi connectivity index (χ3v) is 8.33. The molecule has 9 heteroatoms. The fourth-order valence-electron chi connectivity index (χ4n) is 4.51. The van der Waals surface area contributed by atoms with Gasteiger partial charge in [0, 0.05) is 35.9 Å². The Morgan fingerprint density at radius 2 is 1.43 bits per heavy atom. The van der Waals surface area contributed by atoms with Gasteiger partial charge in [-0.15, -0.1) is 0 Å². The maximum atomic E-state index is 10.4. The molecule has 0 saturated carbocycles. The molecular weight excluding hydrogens is 616 g/mol. The minimum atomic E-state index is -4.27. The molecule has 2 aromatic carbocycles. The van der Waals surface area contributed by atoms with Crippen molar-refractivity contribution < 1.29 is 17.5 Å². The van der Waals surface area contributed by atoms with Gasteiger partial charge in [0.2, 0.25) is 6.33 Å². The Morgan fingerprint density at radius 1 is 0.826 bits per heavy atom. The van der Waals surface area contributed by atoms with Crippen LogP contribution in [0.25, 0.3) is 0 Å². The van der Waals surface area contributed by atoms with Gasteiger partial charge in [-0.3, -0.25) is 0 Å². The van der Waals surface area contributed by atoms with Crippen LogP contribution < -0.4 is 4.57 Å². The van der Waals surface area contributed by atoms with Crippen LogP contribution in [-0.4, -0.2) is 27.1 Å². The van der Waals surface area contributed by atoms with Crippen molar-refractivity contribution in [1.29, 1.82) is 0 Å². The molecule has 4 aromatic rings. The van der Waals surface area contributed by atoms with Crippen molar-refractivity contribution in [2.75, 3.05) is 0 Å². The highest BCUT2D eigenvalue weighted by Gasteiger charge is 2.02. The number of aryl methyl sites for hydroxylation is 4. The molecule has 0 radical (unpaired) electrons. The number of imidazole rings is 2. The number of nitrogens with zero attached hydrogens (tertiary/aromatic N) is 4. The lowest BCUT2D eigenvalue weighted by atomic mass is 10.1. The van der Waals surface area contributed by atoms with Crippen LogP contribution in [-0.2, 0) is 29.8 Å². The van der Waals surface area contributed by atoms with Gasteiger partial charge < -0.3 is 9.12 Å². The van der Waals surface area contributed by atoms with Crippen molar-refractivity contribution in [3.63, 3.8) is 0 Å². The van der Waals surface area contributed by atoms with E-state index in [1.54, 1.807) is 12.1 Å². The molecule has 0 aliphatic rings. The summed E-state index contributed by atoms with van der Waals surface area (Å²) in [5, 5.41) is 0.752. The van der Waals surface area contributed by atoms with Gasteiger partial charge in [-0.2, -0.15) is 0 Å². The van der Waals surface area contributed by atoms with Gasteiger partial charge >= 0.3 is 0 Å². The van der Waals surface area contributed by atoms with Crippen molar-refractivity contribution in [1.82, 2.24) is 14.1 Å². The van der Waals surface area contributed by atoms with Crippen molar-refractivity contribution in [2.24, 2.45) is 0 Å². The number of hydrogen-bond acceptors (Lipinski definition) is 4. The zero-order valence-corrected chi connectivity index (χ0v) is 29.4. The highest BCUT2D eigenvalue weighted by atomic mass is 35.5. The summed E-state index contributed by atoms with van der Waals surface area (Å²) in [7, 11) is -4.27. The second kappa shape index (κ2) is 23.0. The standard InChI is InChI=1S/C20H26ClN2.C10H18N2.C7H8O3S/c1-2-3-4-5-7-14-22-16-17-23(18-22)15-8-6-9-19-10-12-20(21)13-11-19;1-2-3-4-5-6-8-12-9-7-11-10-12;1-6-2-4-7(5-3-6)11(8,9)10/h10-13,16-18H,2-5,7-8,14-15H2,1H3;7,9-10H,2-6,8H2,1H3;2-5H,1H3,(H,8,9,10)/q+1;;/p-1. The van der Waals surface area contributed by atoms with Crippen LogP contribution in [0.3, 0.4) is 0 Å². The van der Waals surface area contributed by atoms with Gasteiger partial charge in [0.25, 0.3) is 0 Å². The maximum Gasteiger partial charge on any atom is 0.243 e. The molecule has 0 saturated heterocycles. The lowest BCUT2D eigenvalue weighted by Gasteiger charge is -2.05. The minimum Gasteiger partial charge on any atom is -0.744 e. The molecule has 0 aliphatic heterocycles. The number of benzene rings is 2. The van der Waals surface area contributed by atoms with Gasteiger partial charge in [-0.25, -0.2) is 22.5 Å². The number of aromatic nitrogens is 4. The minimum absolute atomic E-state index is 0.178. The maximum absolute atomic E-state index is 10.4. The average molecular weight is 667 g/mol. The van der Waals surface area contributed by atoms with Crippen LogP contribution in [0.5, 0.6) is 0 Å². The molecular formula is C37H51ClN4O3S. The Bertz CT molecular complexity index is 1510. The molecule has 0 atom stereocenters. The third-order valence-electron chi connectivity index (χ3n) is 7.23. The highest BCUT2D eigenvalue weighted by Crippen LogP contribution is 2.09. The van der Waals surface area contributed by atoms with Gasteiger partial charge in [-0.1, -0.05) is 99.9 Å². The molecule has 250 valence electrons. The van der Waals surface area contributed by atoms with E-state index in [9.17, 15) is 13.0 Å². The molecule has 7 nitrogen and oxygen atoms in total. The predicted molar refractivity (Wildman–Crippen MR) is 186 cm³/mol. The van der Waals surface area contributed by atoms with Crippen molar-refractivity contribution in [2.45, 2.75) is 116 Å². The smallest absolute Gasteiger partial charge is 0.243 e. The Labute approximate surface area is 282 Å². The molecule has 0 amide bonds. The first-order chi connectivity index (χ1) is 22.2. The topological polar surface area (TPSA) is 83.8 Å². The van der Waals surface area contributed by atoms with E-state index >= 15 is 0 Å². The Morgan fingerprint density at radius 3 is 2.00 bits per heavy atom. The van der Waals surface area contributed by atoms with E-state index in [2.05, 4.69) is 63.1 Å². The fourth-order valence-corrected chi connectivity index (χ4v) is 5.10. The lowest BCUT2D eigenvalue weighted by Crippen LogP contribution is -2.30. The van der Waals surface area contributed by atoms with E-state index in [1.807, 2.05) is 49.9 Å². The van der Waals surface area contributed by atoms with E-state index in [4.69, 9.17) is 11.6 Å². The van der Waals surface area contributed by atoms with Crippen LogP contribution in [0, 0.1) is 18.8 Å². The molecule has 46 heavy (non-hydrogen) atoms. The number of unbranched alkanes of at least 4 members (excludes halogenated alkanes) is 8. The zero-order valence-electron chi connectivity index (χ0n) is 27.8. The summed E-state index contributed by atoms with van der Waals surface area (Å²) in [4.78, 5) is 3.82. The molecule has 0 aliphatic carbocycles. The van der Waals surface area contributed by atoms with Crippen molar-refractivity contribution in [3.8, 4) is 11.8 Å². The summed E-state index contributed by atoms with van der Waals surface area (Å²) in [5.74, 6) is 6.40. The van der Waals surface area contributed by atoms with Gasteiger partial charge in [0.05, 0.1) is 17.8 Å². The van der Waals surface area contributed by atoms with Crippen LogP contribution >= 0.6 is 11.6 Å². The normalized spacial score (nSPS) is 10.6. The quantitative estimate of drug-likeness (QED) is 0.0551. The molecule has 2 aromatic heterocycles. The van der Waals surface area contributed by atoms with Gasteiger partial charge in [-0.05, 0) is 62.6 Å². The van der Waals surface area contributed by atoms with Crippen LogP contribution in [0.4, 0.5) is 0 Å². The van der Waals surface area contributed by atoms with Crippen LogP contribution in [0.2, 0.25) is 5.02 Å². The summed E-state index contributed by atoms with van der Waals surface area (Å²) in [5.41, 5.74) is 1.95. The Balaban J connectivity index is 0.000000268. The van der Waals surface area contributed by atoms with Gasteiger partial charge in [0.1, 0.15) is 29.1 Å². The van der Waals surface area contributed by atoms with E-state index in [0.29, 0.717) is 0 Å². The average Bonchev–Trinajstić information content (AvgIpc) is 3.73. The highest BCUT2D eigenvalue weighted by molar-refractivity contribution is 7.85. The lowest BCUT2D eigenvalue weighted by molar-refractivity contribution is -0.695. The summed E-state index contributed by atoms with van der Waals surface area (Å²) in [6, 6.07) is 13.4. The zero-order chi connectivity index (χ0) is 33.5. The fraction of sp³-hybridized carbons (Fsp3) is 0.459. The second-order valence-corrected chi connectivity index (χ2v) is 13.2. The molecule has 4 rings (SSSR count). The summed E-state index contributed by atoms with van der Waals surface area (Å²) >= 11 is 5.86. The van der Waals surface area contributed by atoms with E-state index in [0.717, 1.165) is 42.2 Å². The third kappa shape index (κ3) is 17.9. The first-order valence-corrected chi connectivity index (χ1v) is 18.3. The first-order valence-electron chi connectivity index (χ1n) is 16.5. The Kier molecular flexibility index (Phi) is 19.4. The van der Waals surface area contributed by atoms with E-state index < -0.39 is 10.1 Å². The molecule has 0 unspecified atom stereocenters. The molecule has 0 N–H and O–H groups in total. The van der Waals surface area contributed by atoms with Crippen LogP contribution in [0.1, 0.15) is 95.6 Å². The monoisotopic (exact) mass is 666 g/mol. The SMILES string of the molecule is CCCCCCCn1cc[n+](CCC#Cc2ccc(Cl)cc2)c1.CCCCCCCn1ccnc1.Cc1ccc(S(=O)(=O)[O-])cc1. The molecule has 2 heterocycles. The van der Waals surface area contributed by atoms with Crippen molar-refractivity contribution >= 4 is 21.7 Å². The summed E-state index contributed by atoms with van der Waals surface area (Å²) < 4.78 is 37.8. The van der Waals surface area contributed by atoms with E-state index in [-0.39, 0.29) is 4.90 Å². The number of halogens is 1. The van der Waals surface area contributed by atoms with Crippen LogP contribution in [0.15, 0.2) is 90.9 Å². The Hall–Kier alpha value is -3.38. The molecule has 0 fully saturated rings. The number of hydrogen-bond donors (Lipinski definition) is 0. The summed E-state index contributed by atoms with van der Waals surface area (Å²) in [6.45, 7) is 9.50. The molecule has 0 spiro atoms. The second-order valence-electron chi connectivity index (χ2n) is 11.3. The molecule has 0 bridgehead atoms. The number of rotatable bonds is 15. The largest absolute Gasteiger partial charge is 0.744 e. The summed E-state index contributed by atoms with van der Waals surface area (Å²) in [6.07, 6.45) is 26.4. The first kappa shape index (κ1) is 38.8. The van der Waals surface area contributed by atoms with Crippen molar-refractivity contribution in [3.05, 3.63) is 102 Å². The predicted octanol–water partition coefficient (Wildman–Crippen LogP) is 8.59. The van der Waals surface area contributed by atoms with Gasteiger partial charge in [0.15, 0.2) is 0 Å². The van der Waals surface area contributed by atoms with E-state index in [1.165, 1.54) is 76.3 Å².